The molecule has 0 fully saturated rings. The standard InChI is InChI=1S/C14H23/c1-2-4-6-8-10-12-14-13-11-9-7-5-3-1/h1-4,11H,5-10,12-14H2. The molecule has 0 heterocycles. The fourth-order valence-corrected chi connectivity index (χ4v) is 1.78. The van der Waals surface area contributed by atoms with Crippen molar-refractivity contribution >= 4 is 0 Å². The van der Waals surface area contributed by atoms with Crippen molar-refractivity contribution in [2.45, 2.75) is 57.8 Å². The minimum Gasteiger partial charge on any atom is -0.0845 e. The SMILES string of the molecule is [CH]1CCCC=CC=CCCCCCC1. The smallest absolute Gasteiger partial charge is 0.0348 e. The highest BCUT2D eigenvalue weighted by Crippen LogP contribution is 2.10. The molecule has 0 saturated carbocycles. The van der Waals surface area contributed by atoms with Gasteiger partial charge in [-0.15, -0.1) is 0 Å². The van der Waals surface area contributed by atoms with E-state index >= 15 is 0 Å². The summed E-state index contributed by atoms with van der Waals surface area (Å²) < 4.78 is 0. The molecule has 0 amide bonds. The quantitative estimate of drug-likeness (QED) is 0.514. The highest BCUT2D eigenvalue weighted by molar-refractivity contribution is 5.02. The van der Waals surface area contributed by atoms with Crippen molar-refractivity contribution in [3.63, 3.8) is 0 Å². The molecular weight excluding hydrogens is 168 g/mol. The highest BCUT2D eigenvalue weighted by atomic mass is 14.0. The van der Waals surface area contributed by atoms with Gasteiger partial charge in [0.1, 0.15) is 0 Å². The lowest BCUT2D eigenvalue weighted by atomic mass is 10.1. The second kappa shape index (κ2) is 9.05. The van der Waals surface area contributed by atoms with Gasteiger partial charge < -0.3 is 0 Å². The van der Waals surface area contributed by atoms with Crippen LogP contribution in [0.4, 0.5) is 0 Å². The van der Waals surface area contributed by atoms with Crippen LogP contribution in [-0.4, -0.2) is 0 Å². The lowest BCUT2D eigenvalue weighted by Gasteiger charge is -2.01. The van der Waals surface area contributed by atoms with Gasteiger partial charge in [0.2, 0.25) is 0 Å². The monoisotopic (exact) mass is 191 g/mol. The van der Waals surface area contributed by atoms with Crippen LogP contribution in [0.5, 0.6) is 0 Å². The maximum Gasteiger partial charge on any atom is -0.0348 e. The minimum atomic E-state index is 1.24. The summed E-state index contributed by atoms with van der Waals surface area (Å²) in [4.78, 5) is 0. The second-order valence-electron chi connectivity index (χ2n) is 4.07. The molecule has 0 bridgehead atoms. The van der Waals surface area contributed by atoms with Gasteiger partial charge in [-0.2, -0.15) is 0 Å². The Morgan fingerprint density at radius 2 is 1.07 bits per heavy atom. The van der Waals surface area contributed by atoms with Crippen LogP contribution in [0.2, 0.25) is 0 Å². The molecule has 0 aliphatic heterocycles. The lowest BCUT2D eigenvalue weighted by molar-refractivity contribution is 0.629. The number of hydrogen-bond acceptors (Lipinski definition) is 0. The summed E-state index contributed by atoms with van der Waals surface area (Å²) in [5.74, 6) is 0. The zero-order chi connectivity index (χ0) is 9.90. The number of hydrogen-bond donors (Lipinski definition) is 0. The second-order valence-corrected chi connectivity index (χ2v) is 4.07. The molecule has 0 nitrogen and oxygen atoms in total. The molecule has 1 aliphatic carbocycles. The van der Waals surface area contributed by atoms with E-state index in [1.807, 2.05) is 0 Å². The van der Waals surface area contributed by atoms with E-state index in [4.69, 9.17) is 0 Å². The van der Waals surface area contributed by atoms with Gasteiger partial charge in [-0.3, -0.25) is 0 Å². The van der Waals surface area contributed by atoms with Gasteiger partial charge in [0.15, 0.2) is 0 Å². The third-order valence-corrected chi connectivity index (χ3v) is 2.69. The van der Waals surface area contributed by atoms with Crippen LogP contribution in [0, 0.1) is 6.42 Å². The Morgan fingerprint density at radius 3 is 1.86 bits per heavy atom. The van der Waals surface area contributed by atoms with Gasteiger partial charge in [-0.25, -0.2) is 0 Å². The van der Waals surface area contributed by atoms with Crippen LogP contribution in [-0.2, 0) is 0 Å². The fraction of sp³-hybridized carbons (Fsp3) is 0.643. The average molecular weight is 191 g/mol. The third-order valence-electron chi connectivity index (χ3n) is 2.69. The molecule has 0 N–H and O–H groups in total. The molecule has 0 heteroatoms. The summed E-state index contributed by atoms with van der Waals surface area (Å²) in [7, 11) is 0. The Hall–Kier alpha value is -0.520. The molecule has 0 saturated heterocycles. The molecule has 0 unspecified atom stereocenters. The van der Waals surface area contributed by atoms with E-state index in [0.29, 0.717) is 0 Å². The van der Waals surface area contributed by atoms with Crippen molar-refractivity contribution < 1.29 is 0 Å². The topological polar surface area (TPSA) is 0 Å². The van der Waals surface area contributed by atoms with E-state index in [-0.39, 0.29) is 0 Å². The molecule has 0 aromatic rings. The third kappa shape index (κ3) is 6.94. The predicted octanol–water partition coefficient (Wildman–Crippen LogP) is 4.83. The Labute approximate surface area is 89.1 Å². The summed E-state index contributed by atoms with van der Waals surface area (Å²) in [6.45, 7) is 0. The maximum atomic E-state index is 2.47. The number of rotatable bonds is 0. The average Bonchev–Trinajstić information content (AvgIpc) is 2.22. The van der Waals surface area contributed by atoms with Gasteiger partial charge in [0.05, 0.1) is 0 Å². The first kappa shape index (κ1) is 11.6. The Kier molecular flexibility index (Phi) is 7.47. The molecule has 1 radical (unpaired) electrons. The Balaban J connectivity index is 2.17. The van der Waals surface area contributed by atoms with Gasteiger partial charge >= 0.3 is 0 Å². The van der Waals surface area contributed by atoms with Gasteiger partial charge in [0.25, 0.3) is 0 Å². The first-order chi connectivity index (χ1) is 7.00. The van der Waals surface area contributed by atoms with Gasteiger partial charge in [-0.1, -0.05) is 50.0 Å². The molecule has 0 spiro atoms. The van der Waals surface area contributed by atoms with Crippen molar-refractivity contribution in [2.75, 3.05) is 0 Å². The van der Waals surface area contributed by atoms with Crippen LogP contribution in [0.3, 0.4) is 0 Å². The molecular formula is C14H23. The largest absolute Gasteiger partial charge is 0.0845 e. The van der Waals surface area contributed by atoms with Crippen molar-refractivity contribution in [1.29, 1.82) is 0 Å². The first-order valence-electron chi connectivity index (χ1n) is 6.13. The Morgan fingerprint density at radius 1 is 0.500 bits per heavy atom. The van der Waals surface area contributed by atoms with Gasteiger partial charge in [0, 0.05) is 0 Å². The summed E-state index contributed by atoms with van der Waals surface area (Å²) >= 11 is 0. The molecule has 1 aliphatic rings. The van der Waals surface area contributed by atoms with Crippen LogP contribution in [0.25, 0.3) is 0 Å². The fourth-order valence-electron chi connectivity index (χ4n) is 1.78. The van der Waals surface area contributed by atoms with E-state index in [1.54, 1.807) is 0 Å². The van der Waals surface area contributed by atoms with Crippen molar-refractivity contribution in [3.05, 3.63) is 30.7 Å². The normalized spacial score (nSPS) is 21.7. The first-order valence-corrected chi connectivity index (χ1v) is 6.13. The van der Waals surface area contributed by atoms with Crippen molar-refractivity contribution in [2.24, 2.45) is 0 Å². The number of allylic oxidation sites excluding steroid dienone is 4. The molecule has 0 atom stereocenters. The van der Waals surface area contributed by atoms with E-state index in [2.05, 4.69) is 30.7 Å². The molecule has 0 aromatic carbocycles. The van der Waals surface area contributed by atoms with E-state index in [9.17, 15) is 0 Å². The van der Waals surface area contributed by atoms with Crippen molar-refractivity contribution in [1.82, 2.24) is 0 Å². The summed E-state index contributed by atoms with van der Waals surface area (Å²) in [6.07, 6.45) is 23.5. The highest BCUT2D eigenvalue weighted by Gasteiger charge is 1.92. The summed E-state index contributed by atoms with van der Waals surface area (Å²) in [5, 5.41) is 0. The molecule has 1 rings (SSSR count). The van der Waals surface area contributed by atoms with Gasteiger partial charge in [-0.05, 0) is 38.5 Å². The zero-order valence-corrected chi connectivity index (χ0v) is 9.25. The lowest BCUT2D eigenvalue weighted by Crippen LogP contribution is -1.82. The van der Waals surface area contributed by atoms with E-state index < -0.39 is 0 Å². The Bertz CT molecular complexity index is 145. The summed E-state index contributed by atoms with van der Waals surface area (Å²) in [5.41, 5.74) is 0. The zero-order valence-electron chi connectivity index (χ0n) is 9.25. The maximum absolute atomic E-state index is 2.47. The molecule has 14 heavy (non-hydrogen) atoms. The predicted molar refractivity (Wildman–Crippen MR) is 64.1 cm³/mol. The van der Waals surface area contributed by atoms with Crippen molar-refractivity contribution in [3.8, 4) is 0 Å². The summed E-state index contributed by atoms with van der Waals surface area (Å²) in [6, 6.07) is 0. The minimum absolute atomic E-state index is 1.24. The van der Waals surface area contributed by atoms with E-state index in [1.165, 1.54) is 57.8 Å². The molecule has 0 aromatic heterocycles. The van der Waals surface area contributed by atoms with Crippen LogP contribution in [0.1, 0.15) is 57.8 Å². The van der Waals surface area contributed by atoms with Crippen LogP contribution < -0.4 is 0 Å². The van der Waals surface area contributed by atoms with Crippen LogP contribution in [0.15, 0.2) is 24.3 Å². The van der Waals surface area contributed by atoms with E-state index in [0.717, 1.165) is 0 Å². The van der Waals surface area contributed by atoms with Crippen LogP contribution >= 0.6 is 0 Å². The molecule has 79 valence electrons.